The molecular formula is C21H32N4O2S. The van der Waals surface area contributed by atoms with Crippen LogP contribution >= 0.6 is 11.8 Å². The van der Waals surface area contributed by atoms with Gasteiger partial charge < -0.3 is 15.0 Å². The summed E-state index contributed by atoms with van der Waals surface area (Å²) in [6.45, 7) is 4.18. The predicted molar refractivity (Wildman–Crippen MR) is 113 cm³/mol. The fraction of sp³-hybridized carbons (Fsp3) is 0.667. The molecule has 0 saturated heterocycles. The first-order valence-corrected chi connectivity index (χ1v) is 11.0. The van der Waals surface area contributed by atoms with E-state index in [0.29, 0.717) is 18.5 Å². The number of carbonyl (C=O) groups is 1. The van der Waals surface area contributed by atoms with Crippen molar-refractivity contribution in [3.63, 3.8) is 0 Å². The highest BCUT2D eigenvalue weighted by Gasteiger charge is 2.27. The van der Waals surface area contributed by atoms with Gasteiger partial charge in [-0.1, -0.05) is 18.3 Å². The number of carbonyl (C=O) groups excluding carboxylic acids is 1. The number of allylic oxidation sites excluding steroid dienone is 1. The topological polar surface area (TPSA) is 67.3 Å². The van der Waals surface area contributed by atoms with E-state index in [9.17, 15) is 4.79 Å². The zero-order chi connectivity index (χ0) is 20.1. The minimum absolute atomic E-state index is 0.154. The summed E-state index contributed by atoms with van der Waals surface area (Å²) in [6, 6.07) is 1.11. The minimum Gasteiger partial charge on any atom is -0.469 e. The molecule has 7 heteroatoms. The average molecular weight is 405 g/mol. The van der Waals surface area contributed by atoms with Gasteiger partial charge in [0.25, 0.3) is 0 Å². The maximum absolute atomic E-state index is 11.9. The van der Waals surface area contributed by atoms with Crippen molar-refractivity contribution in [3.05, 3.63) is 23.4 Å². The number of nitrogens with zero attached hydrogens (tertiary/aromatic N) is 3. The van der Waals surface area contributed by atoms with Crippen LogP contribution in [0.2, 0.25) is 0 Å². The normalized spacial score (nSPS) is 25.6. The molecule has 0 amide bonds. The highest BCUT2D eigenvalue weighted by atomic mass is 32.2. The third kappa shape index (κ3) is 5.47. The highest BCUT2D eigenvalue weighted by Crippen LogP contribution is 2.39. The Bertz CT molecular complexity index is 702. The summed E-state index contributed by atoms with van der Waals surface area (Å²) in [6.07, 6.45) is 9.39. The summed E-state index contributed by atoms with van der Waals surface area (Å²) in [7, 11) is 5.78. The largest absolute Gasteiger partial charge is 0.469 e. The lowest BCUT2D eigenvalue weighted by Gasteiger charge is -2.33. The third-order valence-corrected chi connectivity index (χ3v) is 6.96. The van der Waals surface area contributed by atoms with Crippen molar-refractivity contribution >= 4 is 23.5 Å². The molecule has 1 atom stereocenters. The van der Waals surface area contributed by atoms with Gasteiger partial charge in [0.05, 0.1) is 7.11 Å². The number of esters is 1. The number of hydrogen-bond acceptors (Lipinski definition) is 7. The molecule has 1 N–H and O–H groups in total. The quantitative estimate of drug-likeness (QED) is 0.590. The summed E-state index contributed by atoms with van der Waals surface area (Å²) in [5.41, 5.74) is 1.12. The molecule has 1 fully saturated rings. The molecule has 0 spiro atoms. The number of methoxy groups -OCH3 is 1. The molecule has 3 rings (SSSR count). The fourth-order valence-corrected chi connectivity index (χ4v) is 5.06. The Morgan fingerprint density at radius 3 is 2.71 bits per heavy atom. The zero-order valence-electron chi connectivity index (χ0n) is 17.2. The molecule has 2 aliphatic rings. The number of rotatable bonds is 5. The molecule has 1 unspecified atom stereocenters. The summed E-state index contributed by atoms with van der Waals surface area (Å²) >= 11 is 1.64. The third-order valence-electron chi connectivity index (χ3n) is 5.92. The van der Waals surface area contributed by atoms with Gasteiger partial charge in [-0.3, -0.25) is 4.79 Å². The standard InChI is InChI=1S/C21H32N4O2S/c1-14-5-6-15(12-19(26)27-4)11-18-20(22-13-23-21(18)28-14)24-16-7-9-17(10-8-16)25(2)3/h13,15-17H,1,5-12H2,2-4H3,(H,22,23,24). The zero-order valence-corrected chi connectivity index (χ0v) is 18.1. The van der Waals surface area contributed by atoms with Gasteiger partial charge in [-0.25, -0.2) is 9.97 Å². The number of anilines is 1. The first-order valence-electron chi connectivity index (χ1n) is 10.2. The molecule has 0 radical (unpaired) electrons. The predicted octanol–water partition coefficient (Wildman–Crippen LogP) is 3.88. The number of nitrogens with one attached hydrogen (secondary N) is 1. The van der Waals surface area contributed by atoms with E-state index in [-0.39, 0.29) is 11.9 Å². The van der Waals surface area contributed by atoms with E-state index in [0.717, 1.165) is 53.4 Å². The van der Waals surface area contributed by atoms with Crippen LogP contribution < -0.4 is 5.32 Å². The lowest BCUT2D eigenvalue weighted by molar-refractivity contribution is -0.141. The molecule has 154 valence electrons. The van der Waals surface area contributed by atoms with E-state index < -0.39 is 0 Å². The Morgan fingerprint density at radius 2 is 2.04 bits per heavy atom. The Kier molecular flexibility index (Phi) is 7.35. The smallest absolute Gasteiger partial charge is 0.305 e. The van der Waals surface area contributed by atoms with Gasteiger partial charge in [0.15, 0.2) is 0 Å². The van der Waals surface area contributed by atoms with E-state index in [2.05, 4.69) is 40.9 Å². The van der Waals surface area contributed by atoms with Crippen molar-refractivity contribution < 1.29 is 9.53 Å². The van der Waals surface area contributed by atoms with Crippen LogP contribution in [-0.2, 0) is 16.0 Å². The van der Waals surface area contributed by atoms with Gasteiger partial charge in [0.1, 0.15) is 17.2 Å². The van der Waals surface area contributed by atoms with Crippen LogP contribution in [0.25, 0.3) is 0 Å². The Hall–Kier alpha value is -1.60. The second-order valence-corrected chi connectivity index (χ2v) is 9.32. The van der Waals surface area contributed by atoms with Crippen molar-refractivity contribution in [3.8, 4) is 0 Å². The van der Waals surface area contributed by atoms with E-state index in [1.807, 2.05) is 0 Å². The number of aromatic nitrogens is 2. The minimum atomic E-state index is -0.154. The Labute approximate surface area is 172 Å². The summed E-state index contributed by atoms with van der Waals surface area (Å²) in [4.78, 5) is 24.4. The van der Waals surface area contributed by atoms with Gasteiger partial charge in [-0.2, -0.15) is 0 Å². The summed E-state index contributed by atoms with van der Waals surface area (Å²) in [5, 5.41) is 4.66. The van der Waals surface area contributed by atoms with Gasteiger partial charge >= 0.3 is 5.97 Å². The second-order valence-electron chi connectivity index (χ2n) is 8.15. The average Bonchev–Trinajstić information content (AvgIpc) is 2.67. The monoisotopic (exact) mass is 404 g/mol. The van der Waals surface area contributed by atoms with Crippen LogP contribution in [0, 0.1) is 5.92 Å². The van der Waals surface area contributed by atoms with Gasteiger partial charge in [0.2, 0.25) is 0 Å². The maximum atomic E-state index is 11.9. The first-order chi connectivity index (χ1) is 13.5. The number of thioether (sulfide) groups is 1. The summed E-state index contributed by atoms with van der Waals surface area (Å²) in [5.74, 6) is 0.994. The van der Waals surface area contributed by atoms with E-state index in [4.69, 9.17) is 4.74 Å². The van der Waals surface area contributed by atoms with Crippen molar-refractivity contribution in [2.45, 2.75) is 68.5 Å². The molecule has 28 heavy (non-hydrogen) atoms. The van der Waals surface area contributed by atoms with Crippen LogP contribution in [0.4, 0.5) is 5.82 Å². The van der Waals surface area contributed by atoms with Gasteiger partial charge in [0, 0.05) is 24.1 Å². The Balaban J connectivity index is 1.76. The van der Waals surface area contributed by atoms with Crippen LogP contribution in [-0.4, -0.2) is 54.1 Å². The molecule has 1 aliphatic carbocycles. The van der Waals surface area contributed by atoms with Gasteiger partial charge in [-0.05, 0) is 69.9 Å². The van der Waals surface area contributed by atoms with Crippen molar-refractivity contribution in [1.82, 2.24) is 14.9 Å². The van der Waals surface area contributed by atoms with Crippen LogP contribution in [0.5, 0.6) is 0 Å². The summed E-state index contributed by atoms with van der Waals surface area (Å²) < 4.78 is 4.90. The highest BCUT2D eigenvalue weighted by molar-refractivity contribution is 8.03. The lowest BCUT2D eigenvalue weighted by Crippen LogP contribution is -2.36. The molecule has 6 nitrogen and oxygen atoms in total. The SMILES string of the molecule is C=C1CCC(CC(=O)OC)Cc2c(NC3CCC(N(C)C)CC3)ncnc2S1. The number of hydrogen-bond donors (Lipinski definition) is 1. The van der Waals surface area contributed by atoms with Crippen molar-refractivity contribution in [2.75, 3.05) is 26.5 Å². The fourth-order valence-electron chi connectivity index (χ4n) is 4.16. The number of fused-ring (bicyclic) bond motifs is 1. The molecule has 0 aromatic carbocycles. The van der Waals surface area contributed by atoms with Gasteiger partial charge in [-0.15, -0.1) is 0 Å². The number of ether oxygens (including phenoxy) is 1. The maximum Gasteiger partial charge on any atom is 0.305 e. The molecule has 0 bridgehead atoms. The van der Waals surface area contributed by atoms with Crippen LogP contribution in [0.15, 0.2) is 22.8 Å². The molecule has 1 aromatic rings. The van der Waals surface area contributed by atoms with Crippen molar-refractivity contribution in [1.29, 1.82) is 0 Å². The molecule has 1 aromatic heterocycles. The molecule has 1 saturated carbocycles. The van der Waals surface area contributed by atoms with Crippen LogP contribution in [0.1, 0.15) is 50.5 Å². The van der Waals surface area contributed by atoms with Crippen LogP contribution in [0.3, 0.4) is 0 Å². The first kappa shape index (κ1) is 21.1. The van der Waals surface area contributed by atoms with Crippen molar-refractivity contribution in [2.24, 2.45) is 5.92 Å². The van der Waals surface area contributed by atoms with E-state index >= 15 is 0 Å². The molecule has 2 heterocycles. The van der Waals surface area contributed by atoms with E-state index in [1.165, 1.54) is 20.0 Å². The van der Waals surface area contributed by atoms with E-state index in [1.54, 1.807) is 18.1 Å². The Morgan fingerprint density at radius 1 is 1.29 bits per heavy atom. The lowest BCUT2D eigenvalue weighted by atomic mass is 9.89. The second kappa shape index (κ2) is 9.74. The molecular weight excluding hydrogens is 372 g/mol. The molecule has 1 aliphatic heterocycles.